The number of aliphatic imine (C=N–C) groups is 1. The molecular formula is C25H39IN6. The fourth-order valence-electron chi connectivity index (χ4n) is 4.11. The van der Waals surface area contributed by atoms with Crippen molar-refractivity contribution in [2.45, 2.75) is 57.8 Å². The minimum Gasteiger partial charge on any atom is -0.355 e. The third kappa shape index (κ3) is 8.67. The Labute approximate surface area is 210 Å². The van der Waals surface area contributed by atoms with Crippen molar-refractivity contribution in [3.8, 4) is 0 Å². The van der Waals surface area contributed by atoms with Crippen molar-refractivity contribution in [2.75, 3.05) is 26.7 Å². The van der Waals surface area contributed by atoms with Crippen molar-refractivity contribution in [1.29, 1.82) is 0 Å². The molecule has 0 radical (unpaired) electrons. The lowest BCUT2D eigenvalue weighted by Gasteiger charge is -2.34. The van der Waals surface area contributed by atoms with Gasteiger partial charge >= 0.3 is 0 Å². The SMILES string of the molecule is CN=C(NCC(C)(C)NC(C)c1ccccc1)NC1CCN(Cc2ccccn2)CC1.I. The van der Waals surface area contributed by atoms with E-state index in [4.69, 9.17) is 0 Å². The molecule has 0 bridgehead atoms. The molecule has 0 aliphatic carbocycles. The summed E-state index contributed by atoms with van der Waals surface area (Å²) in [5, 5.41) is 10.9. The van der Waals surface area contributed by atoms with E-state index >= 15 is 0 Å². The summed E-state index contributed by atoms with van der Waals surface area (Å²) in [4.78, 5) is 11.4. The monoisotopic (exact) mass is 550 g/mol. The average molecular weight is 551 g/mol. The number of likely N-dealkylation sites (tertiary alicyclic amines) is 1. The molecule has 1 aromatic carbocycles. The van der Waals surface area contributed by atoms with Gasteiger partial charge in [0.15, 0.2) is 5.96 Å². The highest BCUT2D eigenvalue weighted by Gasteiger charge is 2.23. The lowest BCUT2D eigenvalue weighted by Crippen LogP contribution is -2.54. The number of hydrogen-bond donors (Lipinski definition) is 3. The van der Waals surface area contributed by atoms with Gasteiger partial charge in [0.1, 0.15) is 0 Å². The van der Waals surface area contributed by atoms with Gasteiger partial charge in [-0.1, -0.05) is 36.4 Å². The summed E-state index contributed by atoms with van der Waals surface area (Å²) in [6, 6.07) is 17.4. The van der Waals surface area contributed by atoms with Crippen LogP contribution in [0.3, 0.4) is 0 Å². The minimum atomic E-state index is -0.0705. The molecule has 0 amide bonds. The summed E-state index contributed by atoms with van der Waals surface area (Å²) < 4.78 is 0. The molecule has 1 aliphatic rings. The van der Waals surface area contributed by atoms with Crippen LogP contribution in [0.5, 0.6) is 0 Å². The predicted molar refractivity (Wildman–Crippen MR) is 145 cm³/mol. The van der Waals surface area contributed by atoms with Crippen LogP contribution >= 0.6 is 24.0 Å². The van der Waals surface area contributed by atoms with E-state index in [0.29, 0.717) is 6.04 Å². The lowest BCUT2D eigenvalue weighted by molar-refractivity contribution is 0.196. The zero-order chi connectivity index (χ0) is 22.1. The number of pyridine rings is 1. The van der Waals surface area contributed by atoms with E-state index in [-0.39, 0.29) is 35.6 Å². The second-order valence-corrected chi connectivity index (χ2v) is 9.10. The predicted octanol–water partition coefficient (Wildman–Crippen LogP) is 3.96. The molecule has 32 heavy (non-hydrogen) atoms. The summed E-state index contributed by atoms with van der Waals surface area (Å²) in [6.45, 7) is 10.5. The molecule has 2 aromatic rings. The van der Waals surface area contributed by atoms with E-state index in [0.717, 1.165) is 50.7 Å². The fraction of sp³-hybridized carbons (Fsp3) is 0.520. The number of guanidine groups is 1. The topological polar surface area (TPSA) is 64.6 Å². The third-order valence-corrected chi connectivity index (χ3v) is 5.87. The molecule has 7 heteroatoms. The van der Waals surface area contributed by atoms with E-state index < -0.39 is 0 Å². The molecule has 3 N–H and O–H groups in total. The zero-order valence-corrected chi connectivity index (χ0v) is 22.2. The average Bonchev–Trinajstić information content (AvgIpc) is 2.79. The molecule has 0 saturated carbocycles. The Bertz CT molecular complexity index is 804. The summed E-state index contributed by atoms with van der Waals surface area (Å²) in [5.41, 5.74) is 2.38. The fourth-order valence-corrected chi connectivity index (χ4v) is 4.11. The molecule has 1 aliphatic heterocycles. The maximum absolute atomic E-state index is 4.45. The number of aromatic nitrogens is 1. The van der Waals surface area contributed by atoms with E-state index in [1.54, 1.807) is 0 Å². The molecule has 1 unspecified atom stereocenters. The first kappa shape index (κ1) is 26.5. The van der Waals surface area contributed by atoms with Gasteiger partial charge in [-0.05, 0) is 51.3 Å². The lowest BCUT2D eigenvalue weighted by atomic mass is 10.0. The summed E-state index contributed by atoms with van der Waals surface area (Å²) in [6.07, 6.45) is 4.09. The number of hydrogen-bond acceptors (Lipinski definition) is 4. The number of nitrogens with zero attached hydrogens (tertiary/aromatic N) is 3. The van der Waals surface area contributed by atoms with Crippen molar-refractivity contribution in [3.05, 3.63) is 66.0 Å². The van der Waals surface area contributed by atoms with Crippen LogP contribution < -0.4 is 16.0 Å². The summed E-state index contributed by atoms with van der Waals surface area (Å²) >= 11 is 0. The number of nitrogens with one attached hydrogen (secondary N) is 3. The van der Waals surface area contributed by atoms with Crippen molar-refractivity contribution in [1.82, 2.24) is 25.8 Å². The van der Waals surface area contributed by atoms with Gasteiger partial charge < -0.3 is 16.0 Å². The smallest absolute Gasteiger partial charge is 0.191 e. The van der Waals surface area contributed by atoms with Gasteiger partial charge in [0.05, 0.1) is 5.69 Å². The van der Waals surface area contributed by atoms with Gasteiger partial charge in [0, 0.05) is 57.0 Å². The molecule has 1 aromatic heterocycles. The molecule has 1 fully saturated rings. The summed E-state index contributed by atoms with van der Waals surface area (Å²) in [5.74, 6) is 0.880. The van der Waals surface area contributed by atoms with E-state index in [1.165, 1.54) is 5.56 Å². The molecule has 3 rings (SSSR count). The standard InChI is InChI=1S/C25H38N6.HI/c1-20(21-10-6-5-7-11-21)30-25(2,3)19-28-24(26-4)29-22-13-16-31(17-14-22)18-23-12-8-9-15-27-23;/h5-12,15,20,22,30H,13-14,16-19H2,1-4H3,(H2,26,28,29);1H. The van der Waals surface area contributed by atoms with Gasteiger partial charge in [-0.2, -0.15) is 0 Å². The second-order valence-electron chi connectivity index (χ2n) is 9.10. The molecule has 1 atom stereocenters. The van der Waals surface area contributed by atoms with Crippen molar-refractivity contribution in [2.24, 2.45) is 4.99 Å². The van der Waals surface area contributed by atoms with Crippen LogP contribution in [0.2, 0.25) is 0 Å². The van der Waals surface area contributed by atoms with Gasteiger partial charge in [-0.3, -0.25) is 14.9 Å². The molecule has 2 heterocycles. The zero-order valence-electron chi connectivity index (χ0n) is 19.8. The molecule has 0 spiro atoms. The van der Waals surface area contributed by atoms with Crippen molar-refractivity contribution in [3.63, 3.8) is 0 Å². The van der Waals surface area contributed by atoms with E-state index in [9.17, 15) is 0 Å². The van der Waals surface area contributed by atoms with Crippen molar-refractivity contribution < 1.29 is 0 Å². The Morgan fingerprint density at radius 3 is 2.44 bits per heavy atom. The van der Waals surface area contributed by atoms with Gasteiger partial charge in [0.2, 0.25) is 0 Å². The minimum absolute atomic E-state index is 0. The maximum Gasteiger partial charge on any atom is 0.191 e. The van der Waals surface area contributed by atoms with Crippen LogP contribution in [0, 0.1) is 0 Å². The van der Waals surface area contributed by atoms with Gasteiger partial charge in [0.25, 0.3) is 0 Å². The van der Waals surface area contributed by atoms with Gasteiger partial charge in [-0.25, -0.2) is 0 Å². The molecular weight excluding hydrogens is 511 g/mol. The Balaban J connectivity index is 0.00000363. The Kier molecular flexibility index (Phi) is 10.9. The normalized spacial score (nSPS) is 16.8. The Morgan fingerprint density at radius 1 is 1.12 bits per heavy atom. The molecule has 176 valence electrons. The van der Waals surface area contributed by atoms with Crippen LogP contribution in [-0.4, -0.2) is 54.1 Å². The maximum atomic E-state index is 4.45. The van der Waals surface area contributed by atoms with Crippen LogP contribution in [0.4, 0.5) is 0 Å². The van der Waals surface area contributed by atoms with Crippen molar-refractivity contribution >= 4 is 29.9 Å². The van der Waals surface area contributed by atoms with E-state index in [2.05, 4.69) is 94.1 Å². The Hall–Kier alpha value is -1.71. The van der Waals surface area contributed by atoms with Crippen LogP contribution in [0.15, 0.2) is 59.7 Å². The first-order valence-corrected chi connectivity index (χ1v) is 11.4. The first-order valence-electron chi connectivity index (χ1n) is 11.4. The number of rotatable bonds is 8. The molecule has 1 saturated heterocycles. The van der Waals surface area contributed by atoms with Crippen LogP contribution in [-0.2, 0) is 6.54 Å². The quantitative estimate of drug-likeness (QED) is 0.264. The number of halogens is 1. The summed E-state index contributed by atoms with van der Waals surface area (Å²) in [7, 11) is 1.85. The highest BCUT2D eigenvalue weighted by Crippen LogP contribution is 2.16. The first-order chi connectivity index (χ1) is 14.9. The molecule has 6 nitrogen and oxygen atoms in total. The Morgan fingerprint density at radius 2 is 1.81 bits per heavy atom. The second kappa shape index (κ2) is 13.1. The largest absolute Gasteiger partial charge is 0.355 e. The van der Waals surface area contributed by atoms with Crippen LogP contribution in [0.25, 0.3) is 0 Å². The number of piperidine rings is 1. The highest BCUT2D eigenvalue weighted by atomic mass is 127. The van der Waals surface area contributed by atoms with E-state index in [1.807, 2.05) is 19.3 Å². The number of benzene rings is 1. The third-order valence-electron chi connectivity index (χ3n) is 5.87. The highest BCUT2D eigenvalue weighted by molar-refractivity contribution is 14.0. The van der Waals surface area contributed by atoms with Crippen LogP contribution in [0.1, 0.15) is 50.9 Å². The van der Waals surface area contributed by atoms with Gasteiger partial charge in [-0.15, -0.1) is 24.0 Å².